The quantitative estimate of drug-likeness (QED) is 0.155. The van der Waals surface area contributed by atoms with E-state index in [9.17, 15) is 22.9 Å². The van der Waals surface area contributed by atoms with Crippen LogP contribution in [-0.2, 0) is 10.1 Å². The van der Waals surface area contributed by atoms with Crippen molar-refractivity contribution in [3.8, 4) is 11.5 Å². The number of rotatable bonds is 7. The Bertz CT molecular complexity index is 1710. The van der Waals surface area contributed by atoms with E-state index in [0.29, 0.717) is 28.7 Å². The fourth-order valence-electron chi connectivity index (χ4n) is 3.72. The second kappa shape index (κ2) is 11.0. The van der Waals surface area contributed by atoms with Crippen LogP contribution in [-0.4, -0.2) is 30.6 Å². The number of ether oxygens (including phenoxy) is 1. The van der Waals surface area contributed by atoms with Gasteiger partial charge in [-0.1, -0.05) is 47.5 Å². The van der Waals surface area contributed by atoms with Gasteiger partial charge in [0.15, 0.2) is 5.75 Å². The van der Waals surface area contributed by atoms with E-state index in [4.69, 9.17) is 27.9 Å². The number of fused-ring (bicyclic) bond motifs is 1. The highest BCUT2D eigenvalue weighted by molar-refractivity contribution is 7.86. The van der Waals surface area contributed by atoms with Gasteiger partial charge >= 0.3 is 0 Å². The highest BCUT2D eigenvalue weighted by Crippen LogP contribution is 2.41. The van der Waals surface area contributed by atoms with Crippen molar-refractivity contribution >= 4 is 67.1 Å². The van der Waals surface area contributed by atoms with Crippen molar-refractivity contribution in [1.29, 1.82) is 0 Å². The maximum absolute atomic E-state index is 13.2. The van der Waals surface area contributed by atoms with Gasteiger partial charge < -0.3 is 15.2 Å². The van der Waals surface area contributed by atoms with Crippen LogP contribution in [0.1, 0.15) is 22.8 Å². The van der Waals surface area contributed by atoms with E-state index in [1.54, 1.807) is 49.4 Å². The van der Waals surface area contributed by atoms with Crippen LogP contribution in [0.2, 0.25) is 10.0 Å². The Labute approximate surface area is 228 Å². The number of hydrogen-bond donors (Lipinski definition) is 3. The zero-order valence-electron chi connectivity index (χ0n) is 20.1. The summed E-state index contributed by atoms with van der Waals surface area (Å²) < 4.78 is 38.4. The molecule has 4 rings (SSSR count). The summed E-state index contributed by atoms with van der Waals surface area (Å²) in [6, 6.07) is 15.8. The lowest BCUT2D eigenvalue weighted by Crippen LogP contribution is -2.12. The summed E-state index contributed by atoms with van der Waals surface area (Å²) in [5, 5.41) is 22.9. The minimum absolute atomic E-state index is 0.0478. The first-order valence-corrected chi connectivity index (χ1v) is 13.4. The Morgan fingerprint density at radius 1 is 1.05 bits per heavy atom. The van der Waals surface area contributed by atoms with Crippen LogP contribution in [0.15, 0.2) is 75.8 Å². The van der Waals surface area contributed by atoms with Gasteiger partial charge in [0, 0.05) is 11.5 Å². The molecular weight excluding hydrogens is 553 g/mol. The lowest BCUT2D eigenvalue weighted by molar-refractivity contribution is 0.102. The molecule has 0 fully saturated rings. The van der Waals surface area contributed by atoms with E-state index in [0.717, 1.165) is 0 Å². The number of aryl methyl sites for hydroxylation is 1. The molecule has 4 aromatic carbocycles. The molecule has 3 N–H and O–H groups in total. The first-order valence-electron chi connectivity index (χ1n) is 11.2. The number of phenolic OH excluding ortho intramolecular Hbond substituents is 1. The Hall–Kier alpha value is -3.70. The molecule has 0 saturated heterocycles. The second-order valence-electron chi connectivity index (χ2n) is 8.14. The van der Waals surface area contributed by atoms with Gasteiger partial charge in [-0.25, -0.2) is 0 Å². The van der Waals surface area contributed by atoms with Crippen molar-refractivity contribution in [2.45, 2.75) is 18.7 Å². The molecule has 9 nitrogen and oxygen atoms in total. The van der Waals surface area contributed by atoms with Crippen LogP contribution in [0.3, 0.4) is 0 Å². The van der Waals surface area contributed by atoms with Crippen LogP contribution in [0, 0.1) is 6.92 Å². The van der Waals surface area contributed by atoms with E-state index in [1.165, 1.54) is 18.2 Å². The molecule has 0 unspecified atom stereocenters. The largest absolute Gasteiger partial charge is 0.505 e. The van der Waals surface area contributed by atoms with Crippen molar-refractivity contribution in [3.63, 3.8) is 0 Å². The molecule has 0 heterocycles. The number of halogens is 2. The molecule has 0 bridgehead atoms. The normalized spacial score (nSPS) is 11.7. The number of aromatic hydroxyl groups is 1. The maximum Gasteiger partial charge on any atom is 0.296 e. The predicted molar refractivity (Wildman–Crippen MR) is 146 cm³/mol. The first-order chi connectivity index (χ1) is 18.0. The Morgan fingerprint density at radius 3 is 2.50 bits per heavy atom. The lowest BCUT2D eigenvalue weighted by atomic mass is 10.0. The molecule has 0 aliphatic heterocycles. The highest BCUT2D eigenvalue weighted by atomic mass is 35.5. The van der Waals surface area contributed by atoms with Crippen LogP contribution < -0.4 is 10.1 Å². The monoisotopic (exact) mass is 573 g/mol. The van der Waals surface area contributed by atoms with Gasteiger partial charge in [-0.05, 0) is 55.1 Å². The number of nitrogens with one attached hydrogen (secondary N) is 1. The number of azo groups is 1. The first kappa shape index (κ1) is 27.3. The molecule has 4 aromatic rings. The summed E-state index contributed by atoms with van der Waals surface area (Å²) in [7, 11) is -4.62. The third-order valence-electron chi connectivity index (χ3n) is 5.44. The third-order valence-corrected chi connectivity index (χ3v) is 7.15. The molecule has 0 radical (unpaired) electrons. The fourth-order valence-corrected chi connectivity index (χ4v) is 4.99. The van der Waals surface area contributed by atoms with Gasteiger partial charge in [0.25, 0.3) is 16.0 Å². The van der Waals surface area contributed by atoms with E-state index in [1.807, 2.05) is 6.92 Å². The standard InChI is InChI=1S/C26H21Cl2N3O6S/c1-3-37-16-8-9-19(27)20(13-16)29-26(33)18-12-15-6-4-5-7-17(15)24(25(18)32)31-30-21-10-14(2)11-22(23(21)28)38(34,35)36/h4-13,32H,3H2,1-2H3,(H,29,33)(H,34,35,36). The molecule has 1 amide bonds. The number of carbonyl (C=O) groups is 1. The topological polar surface area (TPSA) is 138 Å². The zero-order valence-corrected chi connectivity index (χ0v) is 22.4. The second-order valence-corrected chi connectivity index (χ2v) is 10.3. The number of carbonyl (C=O) groups excluding carboxylic acids is 1. The zero-order chi connectivity index (χ0) is 27.6. The van der Waals surface area contributed by atoms with Crippen molar-refractivity contribution in [3.05, 3.63) is 81.8 Å². The van der Waals surface area contributed by atoms with Crippen molar-refractivity contribution < 1.29 is 27.6 Å². The molecule has 38 heavy (non-hydrogen) atoms. The lowest BCUT2D eigenvalue weighted by Gasteiger charge is -2.13. The van der Waals surface area contributed by atoms with Gasteiger partial charge in [-0.2, -0.15) is 8.42 Å². The van der Waals surface area contributed by atoms with Crippen LogP contribution in [0.4, 0.5) is 17.1 Å². The SMILES string of the molecule is CCOc1ccc(Cl)c(NC(=O)c2cc3ccccc3c(N=Nc3cc(C)cc(S(=O)(=O)O)c3Cl)c2O)c1. The number of nitrogens with zero attached hydrogens (tertiary/aromatic N) is 2. The van der Waals surface area contributed by atoms with Crippen molar-refractivity contribution in [2.75, 3.05) is 11.9 Å². The highest BCUT2D eigenvalue weighted by Gasteiger charge is 2.21. The van der Waals surface area contributed by atoms with Crippen molar-refractivity contribution in [2.24, 2.45) is 10.2 Å². The minimum atomic E-state index is -4.62. The molecule has 12 heteroatoms. The van der Waals surface area contributed by atoms with Gasteiger partial charge in [-0.3, -0.25) is 9.35 Å². The third kappa shape index (κ3) is 5.73. The Kier molecular flexibility index (Phi) is 7.89. The predicted octanol–water partition coefficient (Wildman–Crippen LogP) is 7.47. The molecule has 196 valence electrons. The Balaban J connectivity index is 1.80. The Morgan fingerprint density at radius 2 is 1.79 bits per heavy atom. The fraction of sp³-hybridized carbons (Fsp3) is 0.115. The number of hydrogen-bond acceptors (Lipinski definition) is 7. The van der Waals surface area contributed by atoms with Crippen molar-refractivity contribution in [1.82, 2.24) is 0 Å². The van der Waals surface area contributed by atoms with E-state index < -0.39 is 26.7 Å². The minimum Gasteiger partial charge on any atom is -0.505 e. The summed E-state index contributed by atoms with van der Waals surface area (Å²) in [5.41, 5.74) is 0.516. The molecule has 0 saturated carbocycles. The smallest absolute Gasteiger partial charge is 0.296 e. The molecule has 0 atom stereocenters. The van der Waals surface area contributed by atoms with Gasteiger partial charge in [-0.15, -0.1) is 10.2 Å². The average molecular weight is 574 g/mol. The van der Waals surface area contributed by atoms with Crippen LogP contribution in [0.25, 0.3) is 10.8 Å². The van der Waals surface area contributed by atoms with Crippen LogP contribution >= 0.6 is 23.2 Å². The van der Waals surface area contributed by atoms with Gasteiger partial charge in [0.05, 0.1) is 27.9 Å². The number of anilines is 1. The summed E-state index contributed by atoms with van der Waals surface area (Å²) in [4.78, 5) is 12.7. The number of phenols is 1. The van der Waals surface area contributed by atoms with E-state index >= 15 is 0 Å². The maximum atomic E-state index is 13.2. The summed E-state index contributed by atoms with van der Waals surface area (Å²) in [5.74, 6) is -0.632. The summed E-state index contributed by atoms with van der Waals surface area (Å²) in [6.07, 6.45) is 0. The van der Waals surface area contributed by atoms with Gasteiger partial charge in [0.1, 0.15) is 22.0 Å². The summed E-state index contributed by atoms with van der Waals surface area (Å²) >= 11 is 12.4. The molecule has 0 aromatic heterocycles. The summed E-state index contributed by atoms with van der Waals surface area (Å²) in [6.45, 7) is 3.84. The van der Waals surface area contributed by atoms with Gasteiger partial charge in [0.2, 0.25) is 0 Å². The number of amides is 1. The van der Waals surface area contributed by atoms with Crippen LogP contribution in [0.5, 0.6) is 11.5 Å². The average Bonchev–Trinajstić information content (AvgIpc) is 2.86. The number of benzene rings is 4. The van der Waals surface area contributed by atoms with E-state index in [-0.39, 0.29) is 32.7 Å². The molecule has 0 spiro atoms. The van der Waals surface area contributed by atoms with E-state index in [2.05, 4.69) is 15.5 Å². The molecule has 0 aliphatic rings. The molecular formula is C26H21Cl2N3O6S. The molecule has 0 aliphatic carbocycles.